The molecule has 0 aliphatic rings. The number of pyridine rings is 1. The lowest BCUT2D eigenvalue weighted by Crippen LogP contribution is -2.24. The molecule has 2 aromatic carbocycles. The number of methoxy groups -OCH3 is 2. The Hall–Kier alpha value is -3.85. The van der Waals surface area contributed by atoms with E-state index in [4.69, 9.17) is 9.47 Å². The number of ether oxygens (including phenoxy) is 2. The van der Waals surface area contributed by atoms with Gasteiger partial charge in [0.25, 0.3) is 0 Å². The third-order valence-corrected chi connectivity index (χ3v) is 6.32. The van der Waals surface area contributed by atoms with Crippen molar-refractivity contribution in [2.75, 3.05) is 20.0 Å². The first-order valence-electron chi connectivity index (χ1n) is 11.0. The zero-order valence-electron chi connectivity index (χ0n) is 20.1. The summed E-state index contributed by atoms with van der Waals surface area (Å²) in [6, 6.07) is 17.4. The quantitative estimate of drug-likeness (QED) is 0.349. The van der Waals surface area contributed by atoms with Gasteiger partial charge in [-0.3, -0.25) is 14.3 Å². The van der Waals surface area contributed by atoms with Crippen molar-refractivity contribution >= 4 is 17.7 Å². The van der Waals surface area contributed by atoms with Crippen LogP contribution in [0.4, 0.5) is 0 Å². The van der Waals surface area contributed by atoms with E-state index in [9.17, 15) is 4.79 Å². The van der Waals surface area contributed by atoms with Gasteiger partial charge in [0, 0.05) is 12.7 Å². The summed E-state index contributed by atoms with van der Waals surface area (Å²) in [5.74, 6) is 1.98. The molecule has 180 valence electrons. The molecule has 9 heteroatoms. The number of carbonyl (C=O) groups is 1. The van der Waals surface area contributed by atoms with Gasteiger partial charge in [-0.15, -0.1) is 10.2 Å². The SMILES string of the molecule is COc1ccc(CNC(=O)CSc2nnc(-c3ccccn3)n2-c2ccc(C)cc2C)cc1OC. The number of hydrogen-bond donors (Lipinski definition) is 1. The maximum atomic E-state index is 12.6. The number of rotatable bonds is 9. The number of nitrogens with zero attached hydrogens (tertiary/aromatic N) is 4. The summed E-state index contributed by atoms with van der Waals surface area (Å²) in [6.07, 6.45) is 1.73. The van der Waals surface area contributed by atoms with Gasteiger partial charge in [-0.1, -0.05) is 41.6 Å². The number of aryl methyl sites for hydroxylation is 2. The molecule has 0 atom stereocenters. The molecule has 0 aliphatic carbocycles. The first-order chi connectivity index (χ1) is 17.0. The summed E-state index contributed by atoms with van der Waals surface area (Å²) in [7, 11) is 3.18. The molecule has 0 saturated carbocycles. The number of hydrogen-bond acceptors (Lipinski definition) is 7. The summed E-state index contributed by atoms with van der Waals surface area (Å²) in [5, 5.41) is 12.4. The first-order valence-corrected chi connectivity index (χ1v) is 12.0. The van der Waals surface area contributed by atoms with E-state index >= 15 is 0 Å². The highest BCUT2D eigenvalue weighted by Gasteiger charge is 2.19. The Morgan fingerprint density at radius 2 is 1.83 bits per heavy atom. The fraction of sp³-hybridized carbons (Fsp3) is 0.231. The zero-order valence-corrected chi connectivity index (χ0v) is 20.9. The molecule has 0 unspecified atom stereocenters. The normalized spacial score (nSPS) is 10.7. The Labute approximate surface area is 208 Å². The molecule has 2 heterocycles. The lowest BCUT2D eigenvalue weighted by molar-refractivity contribution is -0.118. The van der Waals surface area contributed by atoms with Crippen LogP contribution >= 0.6 is 11.8 Å². The van der Waals surface area contributed by atoms with Gasteiger partial charge >= 0.3 is 0 Å². The summed E-state index contributed by atoms with van der Waals surface area (Å²) < 4.78 is 12.6. The molecule has 0 fully saturated rings. The van der Waals surface area contributed by atoms with Crippen LogP contribution in [0.25, 0.3) is 17.2 Å². The van der Waals surface area contributed by atoms with Crippen molar-refractivity contribution in [1.82, 2.24) is 25.1 Å². The van der Waals surface area contributed by atoms with Gasteiger partial charge in [-0.2, -0.15) is 0 Å². The summed E-state index contributed by atoms with van der Waals surface area (Å²) in [6.45, 7) is 4.48. The molecule has 0 bridgehead atoms. The maximum Gasteiger partial charge on any atom is 0.230 e. The largest absolute Gasteiger partial charge is 0.493 e. The van der Waals surface area contributed by atoms with Crippen molar-refractivity contribution in [2.24, 2.45) is 0 Å². The minimum absolute atomic E-state index is 0.112. The van der Waals surface area contributed by atoms with Crippen LogP contribution < -0.4 is 14.8 Å². The monoisotopic (exact) mass is 489 g/mol. The molecule has 0 spiro atoms. The fourth-order valence-electron chi connectivity index (χ4n) is 3.67. The van der Waals surface area contributed by atoms with Gasteiger partial charge in [0.05, 0.1) is 25.7 Å². The number of carbonyl (C=O) groups excluding carboxylic acids is 1. The number of thioether (sulfide) groups is 1. The third-order valence-electron chi connectivity index (χ3n) is 5.39. The molecule has 8 nitrogen and oxygen atoms in total. The average Bonchev–Trinajstić information content (AvgIpc) is 3.30. The van der Waals surface area contributed by atoms with E-state index in [2.05, 4.69) is 46.5 Å². The Balaban J connectivity index is 1.51. The summed E-state index contributed by atoms with van der Waals surface area (Å²) in [5.41, 5.74) is 4.83. The van der Waals surface area contributed by atoms with E-state index in [-0.39, 0.29) is 11.7 Å². The van der Waals surface area contributed by atoms with Gasteiger partial charge in [0.1, 0.15) is 5.69 Å². The van der Waals surface area contributed by atoms with Crippen molar-refractivity contribution in [1.29, 1.82) is 0 Å². The lowest BCUT2D eigenvalue weighted by Gasteiger charge is -2.13. The Morgan fingerprint density at radius 3 is 2.54 bits per heavy atom. The standard InChI is InChI=1S/C26H27N5O3S/c1-17-8-10-21(18(2)13-17)31-25(20-7-5-6-12-27-20)29-30-26(31)35-16-24(32)28-15-19-9-11-22(33-3)23(14-19)34-4/h5-14H,15-16H2,1-4H3,(H,28,32). The lowest BCUT2D eigenvalue weighted by atomic mass is 10.1. The smallest absolute Gasteiger partial charge is 0.230 e. The van der Waals surface area contributed by atoms with Crippen molar-refractivity contribution < 1.29 is 14.3 Å². The molecule has 4 aromatic rings. The van der Waals surface area contributed by atoms with Crippen LogP contribution in [0.1, 0.15) is 16.7 Å². The minimum atomic E-state index is -0.112. The van der Waals surface area contributed by atoms with Crippen LogP contribution in [-0.4, -0.2) is 45.6 Å². The van der Waals surface area contributed by atoms with Gasteiger partial charge in [-0.05, 0) is 55.3 Å². The topological polar surface area (TPSA) is 91.2 Å². The van der Waals surface area contributed by atoms with Gasteiger partial charge in [0.15, 0.2) is 22.5 Å². The van der Waals surface area contributed by atoms with Crippen LogP contribution in [0.5, 0.6) is 11.5 Å². The van der Waals surface area contributed by atoms with E-state index in [0.717, 1.165) is 16.8 Å². The van der Waals surface area contributed by atoms with Crippen LogP contribution in [0.3, 0.4) is 0 Å². The van der Waals surface area contributed by atoms with Crippen molar-refractivity contribution in [3.63, 3.8) is 0 Å². The fourth-order valence-corrected chi connectivity index (χ4v) is 4.44. The van der Waals surface area contributed by atoms with Crippen molar-refractivity contribution in [3.8, 4) is 28.7 Å². The van der Waals surface area contributed by atoms with Crippen molar-refractivity contribution in [3.05, 3.63) is 77.5 Å². The van der Waals surface area contributed by atoms with Crippen LogP contribution in [-0.2, 0) is 11.3 Å². The van der Waals surface area contributed by atoms with Gasteiger partial charge in [0.2, 0.25) is 5.91 Å². The van der Waals surface area contributed by atoms with Crippen LogP contribution in [0.15, 0.2) is 66.0 Å². The van der Waals surface area contributed by atoms with Gasteiger partial charge < -0.3 is 14.8 Å². The zero-order chi connectivity index (χ0) is 24.8. The third kappa shape index (κ3) is 5.63. The number of nitrogens with one attached hydrogen (secondary N) is 1. The van der Waals surface area contributed by atoms with Crippen LogP contribution in [0, 0.1) is 13.8 Å². The second kappa shape index (κ2) is 11.1. The molecule has 1 amide bonds. The second-order valence-electron chi connectivity index (χ2n) is 7.90. The Morgan fingerprint density at radius 1 is 1.00 bits per heavy atom. The molecule has 0 aliphatic heterocycles. The van der Waals surface area contributed by atoms with E-state index in [0.29, 0.717) is 34.7 Å². The highest BCUT2D eigenvalue weighted by Crippen LogP contribution is 2.29. The summed E-state index contributed by atoms with van der Waals surface area (Å²) >= 11 is 1.33. The van der Waals surface area contributed by atoms with Crippen LogP contribution in [0.2, 0.25) is 0 Å². The number of aromatic nitrogens is 4. The minimum Gasteiger partial charge on any atom is -0.493 e. The maximum absolute atomic E-state index is 12.6. The molecule has 1 N–H and O–H groups in total. The predicted octanol–water partition coefficient (Wildman–Crippen LogP) is 4.37. The highest BCUT2D eigenvalue weighted by atomic mass is 32.2. The molecule has 0 saturated heterocycles. The van der Waals surface area contributed by atoms with E-state index in [1.165, 1.54) is 17.3 Å². The molecular formula is C26H27N5O3S. The van der Waals surface area contributed by atoms with Gasteiger partial charge in [-0.25, -0.2) is 0 Å². The second-order valence-corrected chi connectivity index (χ2v) is 8.84. The Kier molecular flexibility index (Phi) is 7.67. The van der Waals surface area contributed by atoms with E-state index in [1.807, 2.05) is 47.0 Å². The molecule has 4 rings (SSSR count). The molecule has 0 radical (unpaired) electrons. The molecular weight excluding hydrogens is 462 g/mol. The van der Waals surface area contributed by atoms with Crippen molar-refractivity contribution in [2.45, 2.75) is 25.5 Å². The highest BCUT2D eigenvalue weighted by molar-refractivity contribution is 7.99. The number of benzene rings is 2. The van der Waals surface area contributed by atoms with E-state index < -0.39 is 0 Å². The summed E-state index contributed by atoms with van der Waals surface area (Å²) in [4.78, 5) is 17.1. The predicted molar refractivity (Wildman–Crippen MR) is 136 cm³/mol. The van der Waals surface area contributed by atoms with E-state index in [1.54, 1.807) is 20.4 Å². The molecule has 35 heavy (non-hydrogen) atoms. The first kappa shape index (κ1) is 24.3. The Bertz CT molecular complexity index is 1320. The average molecular weight is 490 g/mol. The molecule has 2 aromatic heterocycles. The number of amides is 1.